The monoisotopic (exact) mass is 660 g/mol. The predicted octanol–water partition coefficient (Wildman–Crippen LogP) is 10.2. The second-order valence-electron chi connectivity index (χ2n) is 21.0. The molecule has 2 nitrogen and oxygen atoms in total. The molecule has 2 aliphatic heterocycles. The van der Waals surface area contributed by atoms with E-state index in [1.54, 1.807) is 49.7 Å². The van der Waals surface area contributed by atoms with Gasteiger partial charge in [0.25, 0.3) is 0 Å². The molecule has 8 bridgehead atoms. The summed E-state index contributed by atoms with van der Waals surface area (Å²) in [6, 6.07) is 10.2. The van der Waals surface area contributed by atoms with Gasteiger partial charge in [0.15, 0.2) is 0 Å². The van der Waals surface area contributed by atoms with E-state index < -0.39 is 0 Å². The molecule has 10 fully saturated rings. The van der Waals surface area contributed by atoms with Gasteiger partial charge in [0, 0.05) is 5.16 Å². The maximum absolute atomic E-state index is 3.87. The molecule has 2 N–H and O–H groups in total. The van der Waals surface area contributed by atoms with Crippen LogP contribution in [0.1, 0.15) is 142 Å². The minimum atomic E-state index is -0.151. The van der Waals surface area contributed by atoms with Gasteiger partial charge in [0.1, 0.15) is 0 Å². The third-order valence-electron chi connectivity index (χ3n) is 16.1. The van der Waals surface area contributed by atoms with E-state index in [4.69, 9.17) is 0 Å². The van der Waals surface area contributed by atoms with E-state index in [0.29, 0.717) is 43.8 Å². The zero-order valence-corrected chi connectivity index (χ0v) is 32.0. The Hall–Kier alpha value is -0.0000000000000000416. The number of piperidine rings is 2. The average Bonchev–Trinajstić information content (AvgIpc) is 2.97. The minimum absolute atomic E-state index is 0.151. The molecule has 7 atom stereocenters. The van der Waals surface area contributed by atoms with Crippen LogP contribution >= 0.6 is 17.2 Å². The molecule has 7 unspecified atom stereocenters. The number of benzene rings is 1. The molecule has 1 aromatic carbocycles. The van der Waals surface area contributed by atoms with Gasteiger partial charge in [-0.15, -0.1) is 9.24 Å². The fraction of sp³-hybridized carbons (Fsp3) is 0.857. The van der Waals surface area contributed by atoms with Gasteiger partial charge in [-0.3, -0.25) is 0 Å². The first kappa shape index (κ1) is 31.9. The van der Waals surface area contributed by atoms with Crippen molar-refractivity contribution >= 4 is 17.2 Å². The van der Waals surface area contributed by atoms with Gasteiger partial charge in [0.05, 0.1) is 0 Å². The SMILES string of the molecule is CC12CC3CC(C)(C1)CC(P(Cc1ccccc1C(P)(C1CCCNC1)C1CCCNC1)C14CC5CC(C)(CC(C)(C5)C1)C4)(C3)C2. The summed E-state index contributed by atoms with van der Waals surface area (Å²) in [5.74, 6) is 3.40. The van der Waals surface area contributed by atoms with Crippen molar-refractivity contribution in [1.29, 1.82) is 0 Å². The van der Waals surface area contributed by atoms with Crippen molar-refractivity contribution in [2.75, 3.05) is 26.2 Å². The molecule has 8 aliphatic carbocycles. The molecular weight excluding hydrogens is 594 g/mol. The van der Waals surface area contributed by atoms with Gasteiger partial charge < -0.3 is 10.6 Å². The van der Waals surface area contributed by atoms with Crippen LogP contribution in [-0.2, 0) is 11.3 Å². The lowest BCUT2D eigenvalue weighted by molar-refractivity contribution is -0.0922. The summed E-state index contributed by atoms with van der Waals surface area (Å²) in [5, 5.41) is 9.12. The van der Waals surface area contributed by atoms with E-state index in [0.717, 1.165) is 11.8 Å². The first-order valence-corrected chi connectivity index (χ1v) is 22.0. The van der Waals surface area contributed by atoms with E-state index in [1.165, 1.54) is 96.5 Å². The number of nitrogens with one attached hydrogen (secondary N) is 2. The second-order valence-corrected chi connectivity index (χ2v) is 25.0. The Morgan fingerprint density at radius 2 is 1.13 bits per heavy atom. The van der Waals surface area contributed by atoms with Crippen LogP contribution in [0.3, 0.4) is 0 Å². The normalized spacial score (nSPS) is 51.2. The largest absolute Gasteiger partial charge is 0.316 e. The molecule has 8 saturated carbocycles. The highest BCUT2D eigenvalue weighted by Gasteiger charge is 2.69. The Balaban J connectivity index is 1.18. The maximum atomic E-state index is 3.87. The summed E-state index contributed by atoms with van der Waals surface area (Å²) in [4.78, 5) is 0. The van der Waals surface area contributed by atoms with Gasteiger partial charge >= 0.3 is 0 Å². The topological polar surface area (TPSA) is 24.1 Å². The van der Waals surface area contributed by atoms with Gasteiger partial charge in [-0.05, 0) is 202 Å². The van der Waals surface area contributed by atoms with Crippen molar-refractivity contribution < 1.29 is 0 Å². The summed E-state index contributed by atoms with van der Waals surface area (Å²) in [5.41, 5.74) is 5.91. The van der Waals surface area contributed by atoms with Crippen molar-refractivity contribution in [1.82, 2.24) is 10.6 Å². The summed E-state index contributed by atoms with van der Waals surface area (Å²) in [7, 11) is 3.49. The fourth-order valence-electron chi connectivity index (χ4n) is 16.8. The van der Waals surface area contributed by atoms with Crippen molar-refractivity contribution in [3.05, 3.63) is 35.4 Å². The average molecular weight is 661 g/mol. The van der Waals surface area contributed by atoms with Crippen molar-refractivity contribution in [3.8, 4) is 0 Å². The fourth-order valence-corrected chi connectivity index (χ4v) is 23.2. The van der Waals surface area contributed by atoms with Crippen LogP contribution in [0.2, 0.25) is 0 Å². The zero-order valence-electron chi connectivity index (χ0n) is 30.0. The molecular formula is C42H66N2P2. The van der Waals surface area contributed by atoms with Crippen molar-refractivity contribution in [2.24, 2.45) is 45.3 Å². The molecule has 46 heavy (non-hydrogen) atoms. The third kappa shape index (κ3) is 5.04. The summed E-state index contributed by atoms with van der Waals surface area (Å²) >= 11 is 0. The van der Waals surface area contributed by atoms with Crippen LogP contribution in [-0.4, -0.2) is 36.5 Å². The quantitative estimate of drug-likeness (QED) is 0.285. The van der Waals surface area contributed by atoms with Crippen LogP contribution in [0.5, 0.6) is 0 Å². The van der Waals surface area contributed by atoms with E-state index >= 15 is 0 Å². The Morgan fingerprint density at radius 1 is 0.674 bits per heavy atom. The Labute approximate surface area is 285 Å². The zero-order chi connectivity index (χ0) is 31.6. The van der Waals surface area contributed by atoms with E-state index in [9.17, 15) is 0 Å². The Bertz CT molecular complexity index is 1230. The first-order chi connectivity index (χ1) is 21.9. The standard InChI is InChI=1S/C42H66N2P2/c1-36-15-30-16-37(2,24-36)27-40(19-30,26-36)46(41-20-31-17-38(3,28-41)25-39(4,18-31)29-41)23-32-9-5-6-12-35(32)42(45,33-10-7-13-43-21-33)34-11-8-14-44-22-34/h5-6,9,12,30-31,33-34,43-44H,7-8,10-11,13-29,45H2,1-4H3. The van der Waals surface area contributed by atoms with Crippen LogP contribution in [0, 0.1) is 45.3 Å². The van der Waals surface area contributed by atoms with Crippen LogP contribution < -0.4 is 10.6 Å². The highest BCUT2D eigenvalue weighted by molar-refractivity contribution is 7.60. The molecule has 0 radical (unpaired) electrons. The van der Waals surface area contributed by atoms with Gasteiger partial charge in [-0.2, -0.15) is 0 Å². The molecule has 2 heterocycles. The lowest BCUT2D eigenvalue weighted by atomic mass is 9.44. The van der Waals surface area contributed by atoms with Gasteiger partial charge in [-0.1, -0.05) is 59.9 Å². The van der Waals surface area contributed by atoms with Crippen LogP contribution in [0.4, 0.5) is 0 Å². The molecule has 0 spiro atoms. The molecule has 2 saturated heterocycles. The molecule has 254 valence electrons. The molecule has 11 rings (SSSR count). The Morgan fingerprint density at radius 3 is 1.54 bits per heavy atom. The number of hydrogen-bond donors (Lipinski definition) is 2. The van der Waals surface area contributed by atoms with Crippen LogP contribution in [0.25, 0.3) is 0 Å². The lowest BCUT2D eigenvalue weighted by Crippen LogP contribution is -2.63. The molecule has 0 amide bonds. The lowest BCUT2D eigenvalue weighted by Gasteiger charge is -2.73. The van der Waals surface area contributed by atoms with Crippen molar-refractivity contribution in [3.63, 3.8) is 0 Å². The summed E-state index contributed by atoms with van der Waals surface area (Å²) in [6.07, 6.45) is 25.4. The highest BCUT2D eigenvalue weighted by atomic mass is 31.1. The second kappa shape index (κ2) is 10.8. The maximum Gasteiger partial charge on any atom is 0.0180 e. The predicted molar refractivity (Wildman–Crippen MR) is 200 cm³/mol. The molecule has 0 aromatic heterocycles. The summed E-state index contributed by atoms with van der Waals surface area (Å²) < 4.78 is 0. The minimum Gasteiger partial charge on any atom is -0.316 e. The van der Waals surface area contributed by atoms with Gasteiger partial charge in [0.2, 0.25) is 0 Å². The number of hydrogen-bond acceptors (Lipinski definition) is 2. The molecule has 1 aromatic rings. The van der Waals surface area contributed by atoms with Crippen molar-refractivity contribution in [2.45, 2.75) is 152 Å². The highest BCUT2D eigenvalue weighted by Crippen LogP contribution is 2.84. The number of rotatable bonds is 7. The van der Waals surface area contributed by atoms with Gasteiger partial charge in [-0.25, -0.2) is 0 Å². The smallest absolute Gasteiger partial charge is 0.0180 e. The molecule has 4 heteroatoms. The Kier molecular flexibility index (Phi) is 7.47. The van der Waals surface area contributed by atoms with Crippen LogP contribution in [0.15, 0.2) is 24.3 Å². The first-order valence-electron chi connectivity index (χ1n) is 19.9. The molecule has 10 aliphatic rings. The summed E-state index contributed by atoms with van der Waals surface area (Å²) in [6.45, 7) is 15.8. The third-order valence-corrected chi connectivity index (χ3v) is 21.3. The van der Waals surface area contributed by atoms with E-state index in [1.807, 2.05) is 0 Å². The van der Waals surface area contributed by atoms with E-state index in [2.05, 4.69) is 71.8 Å². The van der Waals surface area contributed by atoms with E-state index in [-0.39, 0.29) is 13.1 Å².